The highest BCUT2D eigenvalue weighted by Crippen LogP contribution is 2.41. The number of piperidine rings is 1. The van der Waals surface area contributed by atoms with Crippen LogP contribution >= 0.6 is 11.6 Å². The zero-order valence-electron chi connectivity index (χ0n) is 15.4. The van der Waals surface area contributed by atoms with Crippen LogP contribution < -0.4 is 9.64 Å². The third kappa shape index (κ3) is 3.29. The Balaban J connectivity index is 1.51. The molecule has 8 heteroatoms. The summed E-state index contributed by atoms with van der Waals surface area (Å²) in [6, 6.07) is 2.49. The molecule has 0 spiro atoms. The van der Waals surface area contributed by atoms with Crippen LogP contribution in [0.2, 0.25) is 5.15 Å². The first kappa shape index (κ1) is 17.6. The van der Waals surface area contributed by atoms with E-state index in [1.165, 1.54) is 0 Å². The Hall–Kier alpha value is -1.76. The Morgan fingerprint density at radius 2 is 1.92 bits per heavy atom. The molecule has 0 aliphatic carbocycles. The van der Waals surface area contributed by atoms with Crippen LogP contribution in [0.1, 0.15) is 46.5 Å². The molecule has 4 heterocycles. The van der Waals surface area contributed by atoms with E-state index in [-0.39, 0.29) is 18.2 Å². The van der Waals surface area contributed by atoms with Gasteiger partial charge in [0.2, 0.25) is 0 Å². The Morgan fingerprint density at radius 1 is 1.23 bits per heavy atom. The first-order valence-electron chi connectivity index (χ1n) is 9.26. The van der Waals surface area contributed by atoms with Gasteiger partial charge >= 0.3 is 6.09 Å². The highest BCUT2D eigenvalue weighted by molar-refractivity contribution is 6.29. The molecule has 1 aromatic heterocycles. The van der Waals surface area contributed by atoms with Crippen molar-refractivity contribution in [2.24, 2.45) is 0 Å². The average molecular weight is 381 g/mol. The Morgan fingerprint density at radius 3 is 2.58 bits per heavy atom. The van der Waals surface area contributed by atoms with Gasteiger partial charge in [0.1, 0.15) is 12.2 Å². The Bertz CT molecular complexity index is 694. The van der Waals surface area contributed by atoms with Crippen LogP contribution in [0.3, 0.4) is 0 Å². The van der Waals surface area contributed by atoms with E-state index < -0.39 is 5.60 Å². The van der Waals surface area contributed by atoms with E-state index in [1.807, 2.05) is 25.7 Å². The molecule has 0 aromatic carbocycles. The third-order valence-corrected chi connectivity index (χ3v) is 5.51. The topological polar surface area (TPSA) is 67.8 Å². The first-order chi connectivity index (χ1) is 12.3. The lowest BCUT2D eigenvalue weighted by Crippen LogP contribution is -2.55. The van der Waals surface area contributed by atoms with Crippen LogP contribution in [0.4, 0.5) is 10.6 Å². The molecule has 2 saturated heterocycles. The Labute approximate surface area is 158 Å². The molecule has 3 aliphatic rings. The molecule has 0 saturated carbocycles. The van der Waals surface area contributed by atoms with E-state index in [0.29, 0.717) is 23.6 Å². The molecule has 2 unspecified atom stereocenters. The lowest BCUT2D eigenvalue weighted by atomic mass is 9.96. The zero-order chi connectivity index (χ0) is 18.5. The van der Waals surface area contributed by atoms with E-state index in [2.05, 4.69) is 15.1 Å². The van der Waals surface area contributed by atoms with Crippen molar-refractivity contribution >= 4 is 23.5 Å². The van der Waals surface area contributed by atoms with Crippen molar-refractivity contribution in [3.8, 4) is 5.75 Å². The number of anilines is 1. The monoisotopic (exact) mass is 380 g/mol. The average Bonchev–Trinajstić information content (AvgIpc) is 2.83. The first-order valence-corrected chi connectivity index (χ1v) is 9.63. The minimum absolute atomic E-state index is 0.183. The fraction of sp³-hybridized carbons (Fsp3) is 0.722. The third-order valence-electron chi connectivity index (χ3n) is 5.33. The molecule has 1 amide bonds. The summed E-state index contributed by atoms with van der Waals surface area (Å²) in [5.41, 5.74) is -0.467. The van der Waals surface area contributed by atoms with Crippen molar-refractivity contribution in [3.63, 3.8) is 0 Å². The molecule has 0 N–H and O–H groups in total. The lowest BCUT2D eigenvalue weighted by molar-refractivity contribution is 0.00560. The SMILES string of the molecule is CC(C)(C)OC(=O)N1C2CC[C@@H]1CC(N1CCOc3cc(Cl)nnc31)C2. The maximum Gasteiger partial charge on any atom is 0.410 e. The van der Waals surface area contributed by atoms with Gasteiger partial charge in [-0.2, -0.15) is 0 Å². The molecular weight excluding hydrogens is 356 g/mol. The summed E-state index contributed by atoms with van der Waals surface area (Å²) in [6.07, 6.45) is 3.71. The standard InChI is InChI=1S/C18H25ClN4O3/c1-18(2,3)26-17(24)23-11-4-5-12(23)9-13(8-11)22-6-7-25-14-10-15(19)20-21-16(14)22/h10-13H,4-9H2,1-3H3/t11-,12?,13?/m1/s1. The largest absolute Gasteiger partial charge is 0.488 e. The van der Waals surface area contributed by atoms with Crippen molar-refractivity contribution in [2.45, 2.75) is 70.2 Å². The smallest absolute Gasteiger partial charge is 0.410 e. The summed E-state index contributed by atoms with van der Waals surface area (Å²) in [5.74, 6) is 1.45. The number of hydrogen-bond acceptors (Lipinski definition) is 6. The van der Waals surface area contributed by atoms with Crippen molar-refractivity contribution in [3.05, 3.63) is 11.2 Å². The summed E-state index contributed by atoms with van der Waals surface area (Å²) < 4.78 is 11.3. The molecule has 4 rings (SSSR count). The van der Waals surface area contributed by atoms with Crippen LogP contribution in [-0.4, -0.2) is 58.1 Å². The number of carbonyl (C=O) groups is 1. The minimum Gasteiger partial charge on any atom is -0.488 e. The summed E-state index contributed by atoms with van der Waals surface area (Å²) >= 11 is 5.94. The molecule has 2 fully saturated rings. The predicted octanol–water partition coefficient (Wildman–Crippen LogP) is 3.26. The van der Waals surface area contributed by atoms with Crippen molar-refractivity contribution in [1.29, 1.82) is 0 Å². The highest BCUT2D eigenvalue weighted by Gasteiger charge is 2.47. The molecule has 1 aromatic rings. The van der Waals surface area contributed by atoms with Gasteiger partial charge in [-0.25, -0.2) is 4.79 Å². The number of ether oxygens (including phenoxy) is 2. The van der Waals surface area contributed by atoms with Gasteiger partial charge in [-0.3, -0.25) is 0 Å². The van der Waals surface area contributed by atoms with Gasteiger partial charge < -0.3 is 19.3 Å². The summed E-state index contributed by atoms with van der Waals surface area (Å²) in [4.78, 5) is 16.9. The van der Waals surface area contributed by atoms with E-state index in [0.717, 1.165) is 38.0 Å². The van der Waals surface area contributed by atoms with Gasteiger partial charge in [0.05, 0.1) is 6.54 Å². The zero-order valence-corrected chi connectivity index (χ0v) is 16.2. The van der Waals surface area contributed by atoms with Crippen molar-refractivity contribution in [2.75, 3.05) is 18.1 Å². The number of amides is 1. The fourth-order valence-electron chi connectivity index (χ4n) is 4.38. The summed E-state index contributed by atoms with van der Waals surface area (Å²) in [6.45, 7) is 7.12. The van der Waals surface area contributed by atoms with Gasteiger partial charge in [-0.1, -0.05) is 11.6 Å². The highest BCUT2D eigenvalue weighted by atomic mass is 35.5. The number of aromatic nitrogens is 2. The van der Waals surface area contributed by atoms with Gasteiger partial charge in [0.15, 0.2) is 16.7 Å². The van der Waals surface area contributed by atoms with Crippen LogP contribution in [0, 0.1) is 0 Å². The molecule has 26 heavy (non-hydrogen) atoms. The molecule has 7 nitrogen and oxygen atoms in total. The Kier molecular flexibility index (Phi) is 4.37. The second kappa shape index (κ2) is 6.44. The van der Waals surface area contributed by atoms with Gasteiger partial charge in [-0.05, 0) is 46.5 Å². The summed E-state index contributed by atoms with van der Waals surface area (Å²) in [5, 5.41) is 8.58. The molecule has 0 radical (unpaired) electrons. The van der Waals surface area contributed by atoms with E-state index in [4.69, 9.17) is 21.1 Å². The number of carbonyl (C=O) groups excluding carboxylic acids is 1. The molecular formula is C18H25ClN4O3. The second-order valence-corrected chi connectivity index (χ2v) is 8.68. The number of hydrogen-bond donors (Lipinski definition) is 0. The molecule has 2 bridgehead atoms. The van der Waals surface area contributed by atoms with Crippen LogP contribution in [0.15, 0.2) is 6.07 Å². The van der Waals surface area contributed by atoms with E-state index >= 15 is 0 Å². The maximum absolute atomic E-state index is 12.6. The minimum atomic E-state index is -0.467. The van der Waals surface area contributed by atoms with Crippen molar-refractivity contribution in [1.82, 2.24) is 15.1 Å². The molecule has 142 valence electrons. The fourth-order valence-corrected chi connectivity index (χ4v) is 4.52. The summed E-state index contributed by atoms with van der Waals surface area (Å²) in [7, 11) is 0. The van der Waals surface area contributed by atoms with Crippen molar-refractivity contribution < 1.29 is 14.3 Å². The van der Waals surface area contributed by atoms with E-state index in [9.17, 15) is 4.79 Å². The maximum atomic E-state index is 12.6. The van der Waals surface area contributed by atoms with Crippen LogP contribution in [0.25, 0.3) is 0 Å². The predicted molar refractivity (Wildman–Crippen MR) is 97.8 cm³/mol. The van der Waals surface area contributed by atoms with Gasteiger partial charge in [-0.15, -0.1) is 10.2 Å². The van der Waals surface area contributed by atoms with Crippen LogP contribution in [0.5, 0.6) is 5.75 Å². The van der Waals surface area contributed by atoms with E-state index in [1.54, 1.807) is 6.07 Å². The van der Waals surface area contributed by atoms with Gasteiger partial charge in [0.25, 0.3) is 0 Å². The molecule has 3 atom stereocenters. The second-order valence-electron chi connectivity index (χ2n) is 8.29. The normalized spacial score (nSPS) is 27.8. The van der Waals surface area contributed by atoms with Crippen LogP contribution in [-0.2, 0) is 4.74 Å². The molecule has 3 aliphatic heterocycles. The lowest BCUT2D eigenvalue weighted by Gasteiger charge is -2.44. The number of nitrogens with zero attached hydrogens (tertiary/aromatic N) is 4. The number of halogens is 1. The number of fused-ring (bicyclic) bond motifs is 3. The quantitative estimate of drug-likeness (QED) is 0.744. The van der Waals surface area contributed by atoms with Gasteiger partial charge in [0, 0.05) is 24.2 Å². The number of rotatable bonds is 1.